The van der Waals surface area contributed by atoms with Crippen molar-refractivity contribution in [3.63, 3.8) is 0 Å². The van der Waals surface area contributed by atoms with E-state index in [0.29, 0.717) is 41.4 Å². The van der Waals surface area contributed by atoms with Gasteiger partial charge in [0, 0.05) is 50.5 Å². The lowest BCUT2D eigenvalue weighted by atomic mass is 10.1. The highest BCUT2D eigenvalue weighted by Gasteiger charge is 2.56. The lowest BCUT2D eigenvalue weighted by Gasteiger charge is -2.32. The fourth-order valence-electron chi connectivity index (χ4n) is 5.33. The molecule has 3 fully saturated rings. The first-order valence-electron chi connectivity index (χ1n) is 11.5. The fraction of sp³-hybridized carbons (Fsp3) is 0.565. The number of nitrogens with one attached hydrogen (secondary N) is 1. The zero-order valence-corrected chi connectivity index (χ0v) is 18.3. The number of carboxylic acids is 1. The lowest BCUT2D eigenvalue weighted by molar-refractivity contribution is -0.164. The molecule has 5 rings (SSSR count). The van der Waals surface area contributed by atoms with Crippen LogP contribution in [0.25, 0.3) is 10.9 Å². The Bertz CT molecular complexity index is 1050. The number of ether oxygens (including phenoxy) is 2. The van der Waals surface area contributed by atoms with Crippen LogP contribution < -0.4 is 5.32 Å². The molecule has 2 saturated heterocycles. The molecule has 10 heteroatoms. The Morgan fingerprint density at radius 1 is 1.18 bits per heavy atom. The van der Waals surface area contributed by atoms with Crippen LogP contribution in [-0.2, 0) is 25.6 Å². The maximum absolute atomic E-state index is 12.9. The molecule has 0 radical (unpaired) electrons. The molecule has 1 saturated carbocycles. The van der Waals surface area contributed by atoms with E-state index in [9.17, 15) is 14.4 Å². The predicted octanol–water partition coefficient (Wildman–Crippen LogP) is 0.751. The molecular formula is C23H28N4O6. The summed E-state index contributed by atoms with van der Waals surface area (Å²) in [6, 6.07) is 6.07. The summed E-state index contributed by atoms with van der Waals surface area (Å²) in [4.78, 5) is 37.1. The summed E-state index contributed by atoms with van der Waals surface area (Å²) in [6.07, 6.45) is 4.00. The van der Waals surface area contributed by atoms with Crippen LogP contribution >= 0.6 is 0 Å². The highest BCUT2D eigenvalue weighted by molar-refractivity contribution is 6.28. The van der Waals surface area contributed by atoms with Gasteiger partial charge < -0.3 is 19.9 Å². The molecule has 0 spiro atoms. The standard InChI is InChI=1S/C23H28N4O6/c28-21(24-10-17-18-12-26(13-19(17)18)15-4-7-32-8-5-15)16-3-1-2-14-11-27(25-20(14)16)6-9-33-23(31)22(29)30/h1-3,11,15,17-19H,4-10,12-13H2,(H,24,28)(H,29,30). The maximum atomic E-state index is 12.9. The van der Waals surface area contributed by atoms with Crippen LogP contribution in [0.4, 0.5) is 0 Å². The van der Waals surface area contributed by atoms with Crippen molar-refractivity contribution < 1.29 is 29.0 Å². The minimum atomic E-state index is -1.63. The predicted molar refractivity (Wildman–Crippen MR) is 117 cm³/mol. The molecule has 33 heavy (non-hydrogen) atoms. The number of aromatic nitrogens is 2. The van der Waals surface area contributed by atoms with Crippen LogP contribution in [0.2, 0.25) is 0 Å². The average Bonchev–Trinajstić information content (AvgIpc) is 3.15. The van der Waals surface area contributed by atoms with Crippen LogP contribution in [0.5, 0.6) is 0 Å². The van der Waals surface area contributed by atoms with Gasteiger partial charge in [-0.1, -0.05) is 12.1 Å². The number of piperidine rings is 1. The minimum absolute atomic E-state index is 0.115. The number of hydrogen-bond acceptors (Lipinski definition) is 7. The summed E-state index contributed by atoms with van der Waals surface area (Å²) < 4.78 is 11.7. The third-order valence-corrected chi connectivity index (χ3v) is 7.16. The van der Waals surface area contributed by atoms with E-state index in [2.05, 4.69) is 20.1 Å². The summed E-state index contributed by atoms with van der Waals surface area (Å²) in [5.41, 5.74) is 1.07. The van der Waals surface area contributed by atoms with Crippen molar-refractivity contribution >= 4 is 28.7 Å². The van der Waals surface area contributed by atoms with Gasteiger partial charge in [-0.25, -0.2) is 9.59 Å². The van der Waals surface area contributed by atoms with Gasteiger partial charge in [-0.2, -0.15) is 5.10 Å². The zero-order chi connectivity index (χ0) is 22.9. The largest absolute Gasteiger partial charge is 0.473 e. The van der Waals surface area contributed by atoms with E-state index in [1.807, 2.05) is 12.1 Å². The molecule has 2 aliphatic heterocycles. The van der Waals surface area contributed by atoms with Crippen molar-refractivity contribution in [2.24, 2.45) is 17.8 Å². The lowest BCUT2D eigenvalue weighted by Crippen LogP contribution is -2.40. The summed E-state index contributed by atoms with van der Waals surface area (Å²) in [5, 5.41) is 16.9. The van der Waals surface area contributed by atoms with Crippen molar-refractivity contribution in [3.05, 3.63) is 30.0 Å². The molecule has 10 nitrogen and oxygen atoms in total. The molecule has 2 N–H and O–H groups in total. The van der Waals surface area contributed by atoms with Gasteiger partial charge in [0.2, 0.25) is 0 Å². The molecule has 3 aliphatic rings. The van der Waals surface area contributed by atoms with Gasteiger partial charge in [0.05, 0.1) is 12.1 Å². The second-order valence-corrected chi connectivity index (χ2v) is 9.08. The Hall–Kier alpha value is -2.98. The molecule has 2 aromatic rings. The number of aliphatic carboxylic acids is 1. The molecule has 0 bridgehead atoms. The summed E-state index contributed by atoms with van der Waals surface area (Å²) >= 11 is 0. The first kappa shape index (κ1) is 21.8. The van der Waals surface area contributed by atoms with Crippen LogP contribution in [0.15, 0.2) is 24.4 Å². The van der Waals surface area contributed by atoms with Gasteiger partial charge in [-0.05, 0) is 36.7 Å². The SMILES string of the molecule is O=C(O)C(=O)OCCn1cc2cccc(C(=O)NCC3C4CN(C5CCOCC5)CC34)c2n1. The van der Waals surface area contributed by atoms with Gasteiger partial charge >= 0.3 is 11.9 Å². The number of hydrogen-bond donors (Lipinski definition) is 2. The Kier molecular flexibility index (Phi) is 6.03. The molecular weight excluding hydrogens is 428 g/mol. The molecule has 1 aromatic heterocycles. The zero-order valence-electron chi connectivity index (χ0n) is 18.3. The van der Waals surface area contributed by atoms with Gasteiger partial charge in [0.15, 0.2) is 0 Å². The first-order chi connectivity index (χ1) is 16.0. The first-order valence-corrected chi connectivity index (χ1v) is 11.5. The highest BCUT2D eigenvalue weighted by Crippen LogP contribution is 2.52. The van der Waals surface area contributed by atoms with Crippen LogP contribution in [-0.4, -0.2) is 83.1 Å². The van der Waals surface area contributed by atoms with E-state index in [0.717, 1.165) is 44.5 Å². The number of carboxylic acid groups (broad SMARTS) is 1. The number of nitrogens with zero attached hydrogens (tertiary/aromatic N) is 3. The van der Waals surface area contributed by atoms with Crippen LogP contribution in [0.1, 0.15) is 23.2 Å². The quantitative estimate of drug-likeness (QED) is 0.462. The van der Waals surface area contributed by atoms with Crippen molar-refractivity contribution in [1.82, 2.24) is 20.0 Å². The van der Waals surface area contributed by atoms with Crippen molar-refractivity contribution in [2.45, 2.75) is 25.4 Å². The van der Waals surface area contributed by atoms with Gasteiger partial charge in [0.1, 0.15) is 12.1 Å². The molecule has 3 heterocycles. The summed E-state index contributed by atoms with van der Waals surface area (Å²) in [5.74, 6) is -1.17. The van der Waals surface area contributed by atoms with E-state index in [1.54, 1.807) is 16.9 Å². The molecule has 1 aromatic carbocycles. The van der Waals surface area contributed by atoms with Crippen molar-refractivity contribution in [3.8, 4) is 0 Å². The Balaban J connectivity index is 1.13. The van der Waals surface area contributed by atoms with Crippen molar-refractivity contribution in [2.75, 3.05) is 39.5 Å². The van der Waals surface area contributed by atoms with Gasteiger partial charge in [-0.15, -0.1) is 0 Å². The number of fused-ring (bicyclic) bond motifs is 2. The van der Waals surface area contributed by atoms with Gasteiger partial charge in [-0.3, -0.25) is 14.4 Å². The Labute approximate surface area is 190 Å². The Morgan fingerprint density at radius 3 is 2.67 bits per heavy atom. The van der Waals surface area contributed by atoms with Crippen LogP contribution in [0, 0.1) is 17.8 Å². The molecule has 2 unspecified atom stereocenters. The molecule has 2 atom stereocenters. The fourth-order valence-corrected chi connectivity index (χ4v) is 5.33. The topological polar surface area (TPSA) is 123 Å². The number of likely N-dealkylation sites (tertiary alicyclic amines) is 1. The van der Waals surface area contributed by atoms with Crippen molar-refractivity contribution in [1.29, 1.82) is 0 Å². The number of carbonyl (C=O) groups is 3. The summed E-state index contributed by atoms with van der Waals surface area (Å²) in [7, 11) is 0. The number of esters is 1. The number of amides is 1. The maximum Gasteiger partial charge on any atom is 0.417 e. The molecule has 1 aliphatic carbocycles. The number of rotatable bonds is 7. The third kappa shape index (κ3) is 4.58. The molecule has 176 valence electrons. The van der Waals surface area contributed by atoms with E-state index < -0.39 is 11.9 Å². The van der Waals surface area contributed by atoms with E-state index in [1.165, 1.54) is 0 Å². The highest BCUT2D eigenvalue weighted by atomic mass is 16.6. The molecule has 1 amide bonds. The monoisotopic (exact) mass is 456 g/mol. The number of carbonyl (C=O) groups excluding carboxylic acids is 2. The average molecular weight is 456 g/mol. The summed E-state index contributed by atoms with van der Waals surface area (Å²) in [6.45, 7) is 4.75. The second-order valence-electron chi connectivity index (χ2n) is 9.08. The van der Waals surface area contributed by atoms with E-state index in [-0.39, 0.29) is 19.1 Å². The van der Waals surface area contributed by atoms with Gasteiger partial charge in [0.25, 0.3) is 5.91 Å². The smallest absolute Gasteiger partial charge is 0.417 e. The van der Waals surface area contributed by atoms with E-state index in [4.69, 9.17) is 9.84 Å². The van der Waals surface area contributed by atoms with Crippen LogP contribution in [0.3, 0.4) is 0 Å². The number of benzene rings is 1. The normalized spacial score (nSPS) is 25.0. The third-order valence-electron chi connectivity index (χ3n) is 7.16. The van der Waals surface area contributed by atoms with E-state index >= 15 is 0 Å². The minimum Gasteiger partial charge on any atom is -0.473 e. The Morgan fingerprint density at radius 2 is 1.94 bits per heavy atom. The second kappa shape index (κ2) is 9.11.